The second-order valence-electron chi connectivity index (χ2n) is 8.95. The van der Waals surface area contributed by atoms with Gasteiger partial charge in [0.05, 0.1) is 23.1 Å². The number of fused-ring (bicyclic) bond motifs is 2. The second kappa shape index (κ2) is 8.33. The van der Waals surface area contributed by atoms with Crippen LogP contribution in [-0.2, 0) is 15.6 Å². The minimum Gasteiger partial charge on any atom is -0.484 e. The third-order valence-corrected chi connectivity index (χ3v) is 8.68. The zero-order chi connectivity index (χ0) is 21.4. The Morgan fingerprint density at radius 1 is 0.871 bits per heavy atom. The third kappa shape index (κ3) is 4.11. The van der Waals surface area contributed by atoms with Crippen LogP contribution in [-0.4, -0.2) is 17.8 Å². The lowest BCUT2D eigenvalue weighted by molar-refractivity contribution is -0.000276. The van der Waals surface area contributed by atoms with E-state index in [2.05, 4.69) is 62.4 Å². The van der Waals surface area contributed by atoms with Gasteiger partial charge in [0.25, 0.3) is 0 Å². The maximum absolute atomic E-state index is 14.9. The molecule has 2 saturated heterocycles. The third-order valence-electron chi connectivity index (χ3n) is 6.47. The van der Waals surface area contributed by atoms with Crippen LogP contribution in [0.5, 0.6) is 5.75 Å². The van der Waals surface area contributed by atoms with E-state index in [1.54, 1.807) is 6.07 Å². The van der Waals surface area contributed by atoms with Crippen molar-refractivity contribution in [2.45, 2.75) is 65.6 Å². The smallest absolute Gasteiger partial charge is 0.170 e. The summed E-state index contributed by atoms with van der Waals surface area (Å²) in [6.07, 6.45) is 3.79. The average molecular weight is 436 g/mol. The molecule has 31 heavy (non-hydrogen) atoms. The first kappa shape index (κ1) is 20.6. The molecular formula is C27H28FO2S+. The molecule has 3 unspecified atom stereocenters. The summed E-state index contributed by atoms with van der Waals surface area (Å²) in [6, 6.07) is 26.1. The van der Waals surface area contributed by atoms with Gasteiger partial charge in [0.15, 0.2) is 26.3 Å². The Hall–Kier alpha value is -2.30. The first-order valence-electron chi connectivity index (χ1n) is 11.0. The summed E-state index contributed by atoms with van der Waals surface area (Å²) in [5.74, 6) is 0.302. The van der Waals surface area contributed by atoms with E-state index in [9.17, 15) is 4.39 Å². The summed E-state index contributed by atoms with van der Waals surface area (Å²) in [5.41, 5.74) is -0.489. The van der Waals surface area contributed by atoms with Crippen LogP contribution in [0.1, 0.15) is 33.1 Å². The summed E-state index contributed by atoms with van der Waals surface area (Å²) in [7, 11) is -0.336. The quantitative estimate of drug-likeness (QED) is 0.404. The molecule has 2 heterocycles. The van der Waals surface area contributed by atoms with Crippen LogP contribution in [0.15, 0.2) is 93.5 Å². The van der Waals surface area contributed by atoms with E-state index < -0.39 is 5.60 Å². The molecular weight excluding hydrogens is 407 g/mol. The molecule has 4 heteroatoms. The molecule has 160 valence electrons. The number of hydrogen-bond acceptors (Lipinski definition) is 2. The molecule has 3 aromatic carbocycles. The highest BCUT2D eigenvalue weighted by molar-refractivity contribution is 7.97. The van der Waals surface area contributed by atoms with E-state index in [0.29, 0.717) is 11.9 Å². The fraction of sp³-hybridized carbons (Fsp3) is 0.333. The van der Waals surface area contributed by atoms with Crippen molar-refractivity contribution in [3.63, 3.8) is 0 Å². The standard InChI is InChI=1S/C27H28FO2S/c1-27(2,23-17-19-13-16-25(23)29-19)30-26-18-22(14-15-24(26)28)31(20-9-5-3-6-10-20)21-11-7-4-8-12-21/h3-12,14-15,18-19,23,25H,13,16-17H2,1-2H3/q+1. The lowest BCUT2D eigenvalue weighted by atomic mass is 9.78. The second-order valence-corrected chi connectivity index (χ2v) is 11.0. The zero-order valence-corrected chi connectivity index (χ0v) is 18.8. The van der Waals surface area contributed by atoms with Gasteiger partial charge in [-0.05, 0) is 69.5 Å². The molecule has 0 spiro atoms. The largest absolute Gasteiger partial charge is 0.484 e. The Bertz CT molecular complexity index is 998. The highest BCUT2D eigenvalue weighted by Crippen LogP contribution is 2.46. The summed E-state index contributed by atoms with van der Waals surface area (Å²) >= 11 is 0. The van der Waals surface area contributed by atoms with E-state index in [-0.39, 0.29) is 28.7 Å². The molecule has 2 fully saturated rings. The number of hydrogen-bond donors (Lipinski definition) is 0. The predicted molar refractivity (Wildman–Crippen MR) is 122 cm³/mol. The van der Waals surface area contributed by atoms with Crippen LogP contribution in [0.2, 0.25) is 0 Å². The van der Waals surface area contributed by atoms with Crippen molar-refractivity contribution >= 4 is 10.9 Å². The van der Waals surface area contributed by atoms with E-state index in [0.717, 1.165) is 24.2 Å². The molecule has 0 aromatic heterocycles. The van der Waals surface area contributed by atoms with Crippen LogP contribution in [0.25, 0.3) is 0 Å². The summed E-state index contributed by atoms with van der Waals surface area (Å²) in [6.45, 7) is 4.14. The number of halogens is 1. The Labute approximate surface area is 186 Å². The zero-order valence-electron chi connectivity index (χ0n) is 18.0. The molecule has 0 radical (unpaired) electrons. The molecule has 0 N–H and O–H groups in total. The van der Waals surface area contributed by atoms with Gasteiger partial charge in [-0.25, -0.2) is 4.39 Å². The molecule has 5 rings (SSSR count). The van der Waals surface area contributed by atoms with Crippen LogP contribution in [0.4, 0.5) is 4.39 Å². The minimum atomic E-state index is -0.489. The molecule has 2 nitrogen and oxygen atoms in total. The van der Waals surface area contributed by atoms with E-state index in [1.165, 1.54) is 9.79 Å². The van der Waals surface area contributed by atoms with E-state index in [4.69, 9.17) is 9.47 Å². The minimum absolute atomic E-state index is 0.231. The fourth-order valence-corrected chi connectivity index (χ4v) is 7.04. The van der Waals surface area contributed by atoms with Crippen molar-refractivity contribution < 1.29 is 13.9 Å². The monoisotopic (exact) mass is 435 g/mol. The van der Waals surface area contributed by atoms with Gasteiger partial charge in [-0.1, -0.05) is 36.4 Å². The van der Waals surface area contributed by atoms with Gasteiger partial charge in [-0.15, -0.1) is 0 Å². The van der Waals surface area contributed by atoms with Crippen LogP contribution in [0, 0.1) is 11.7 Å². The van der Waals surface area contributed by atoms with Crippen molar-refractivity contribution in [1.29, 1.82) is 0 Å². The van der Waals surface area contributed by atoms with Crippen molar-refractivity contribution in [3.05, 3.63) is 84.7 Å². The molecule has 0 amide bonds. The van der Waals surface area contributed by atoms with Crippen LogP contribution in [0.3, 0.4) is 0 Å². The normalized spacial score (nSPS) is 22.8. The van der Waals surface area contributed by atoms with Crippen LogP contribution >= 0.6 is 0 Å². The number of rotatable bonds is 6. The molecule has 3 atom stereocenters. The van der Waals surface area contributed by atoms with Gasteiger partial charge in [0, 0.05) is 12.0 Å². The summed E-state index contributed by atoms with van der Waals surface area (Å²) in [5, 5.41) is 0. The van der Waals surface area contributed by atoms with Gasteiger partial charge in [0.2, 0.25) is 0 Å². The highest BCUT2D eigenvalue weighted by atomic mass is 32.2. The molecule has 2 bridgehead atoms. The van der Waals surface area contributed by atoms with Crippen molar-refractivity contribution in [2.75, 3.05) is 0 Å². The van der Waals surface area contributed by atoms with E-state index >= 15 is 0 Å². The first-order valence-corrected chi connectivity index (χ1v) is 12.2. The maximum atomic E-state index is 14.9. The Morgan fingerprint density at radius 3 is 2.06 bits per heavy atom. The highest BCUT2D eigenvalue weighted by Gasteiger charge is 2.49. The van der Waals surface area contributed by atoms with Gasteiger partial charge in [0.1, 0.15) is 5.60 Å². The number of ether oxygens (including phenoxy) is 2. The lowest BCUT2D eigenvalue weighted by Gasteiger charge is -2.36. The Kier molecular flexibility index (Phi) is 5.53. The molecule has 3 aromatic rings. The van der Waals surface area contributed by atoms with Gasteiger partial charge in [-0.2, -0.15) is 0 Å². The van der Waals surface area contributed by atoms with Crippen molar-refractivity contribution in [2.24, 2.45) is 5.92 Å². The average Bonchev–Trinajstić information content (AvgIpc) is 3.42. The Morgan fingerprint density at radius 2 is 1.52 bits per heavy atom. The van der Waals surface area contributed by atoms with Crippen molar-refractivity contribution in [1.82, 2.24) is 0 Å². The molecule has 2 aliphatic heterocycles. The molecule has 0 saturated carbocycles. The fourth-order valence-electron chi connectivity index (χ4n) is 4.94. The number of benzene rings is 3. The van der Waals surface area contributed by atoms with Gasteiger partial charge < -0.3 is 9.47 Å². The van der Waals surface area contributed by atoms with Gasteiger partial charge in [-0.3, -0.25) is 0 Å². The first-order chi connectivity index (χ1) is 15.0. The Balaban J connectivity index is 1.49. The summed E-state index contributed by atoms with van der Waals surface area (Å²) < 4.78 is 27.3. The van der Waals surface area contributed by atoms with E-state index in [1.807, 2.05) is 24.3 Å². The van der Waals surface area contributed by atoms with Gasteiger partial charge >= 0.3 is 0 Å². The van der Waals surface area contributed by atoms with Crippen LogP contribution < -0.4 is 4.74 Å². The predicted octanol–water partition coefficient (Wildman–Crippen LogP) is 6.65. The summed E-state index contributed by atoms with van der Waals surface area (Å²) in [4.78, 5) is 3.45. The van der Waals surface area contributed by atoms with Crippen molar-refractivity contribution in [3.8, 4) is 5.75 Å². The topological polar surface area (TPSA) is 18.5 Å². The molecule has 0 aliphatic carbocycles. The SMILES string of the molecule is CC(C)(Oc1cc([S+](c2ccccc2)c2ccccc2)ccc1F)C1CC2CCC1O2. The molecule has 2 aliphatic rings. The maximum Gasteiger partial charge on any atom is 0.170 e. The lowest BCUT2D eigenvalue weighted by Crippen LogP contribution is -2.42.